The Kier molecular flexibility index (Phi) is 5.61. The molecule has 0 amide bonds. The maximum absolute atomic E-state index is 5.96. The first-order chi connectivity index (χ1) is 9.28. The zero-order valence-corrected chi connectivity index (χ0v) is 12.0. The van der Waals surface area contributed by atoms with Crippen molar-refractivity contribution < 1.29 is 4.74 Å². The van der Waals surface area contributed by atoms with Crippen LogP contribution in [-0.4, -0.2) is 23.6 Å². The van der Waals surface area contributed by atoms with Gasteiger partial charge in [0, 0.05) is 19.7 Å². The molecule has 5 heteroatoms. The van der Waals surface area contributed by atoms with Crippen LogP contribution in [-0.2, 0) is 11.3 Å². The average molecular weight is 282 g/mol. The van der Waals surface area contributed by atoms with Crippen molar-refractivity contribution in [3.05, 3.63) is 28.7 Å². The number of allylic oxidation sites excluding steroid dienone is 1. The zero-order chi connectivity index (χ0) is 13.5. The maximum Gasteiger partial charge on any atom is 0.158 e. The van der Waals surface area contributed by atoms with Gasteiger partial charge in [-0.2, -0.15) is 0 Å². The van der Waals surface area contributed by atoms with Gasteiger partial charge in [0.05, 0.1) is 0 Å². The number of nitrogens with zero attached hydrogens (tertiary/aromatic N) is 2. The highest BCUT2D eigenvalue weighted by atomic mass is 35.5. The van der Waals surface area contributed by atoms with Gasteiger partial charge < -0.3 is 10.1 Å². The van der Waals surface area contributed by atoms with Crippen LogP contribution in [0, 0.1) is 0 Å². The predicted molar refractivity (Wildman–Crippen MR) is 77.4 cm³/mol. The number of halogens is 1. The molecule has 104 valence electrons. The molecule has 1 N–H and O–H groups in total. The number of aromatic nitrogens is 2. The molecule has 1 aliphatic rings. The number of methoxy groups -OCH3 is 1. The van der Waals surface area contributed by atoms with Crippen LogP contribution in [0.2, 0.25) is 5.15 Å². The van der Waals surface area contributed by atoms with Gasteiger partial charge in [0.25, 0.3) is 0 Å². The first-order valence-corrected chi connectivity index (χ1v) is 7.10. The summed E-state index contributed by atoms with van der Waals surface area (Å²) in [5.41, 5.74) is 1.55. The Morgan fingerprint density at radius 2 is 2.26 bits per heavy atom. The lowest BCUT2D eigenvalue weighted by Gasteiger charge is -2.13. The van der Waals surface area contributed by atoms with Gasteiger partial charge in [-0.15, -0.1) is 0 Å². The summed E-state index contributed by atoms with van der Waals surface area (Å²) in [6.45, 7) is 1.26. The summed E-state index contributed by atoms with van der Waals surface area (Å²) in [6, 6.07) is 1.75. The quantitative estimate of drug-likeness (QED) is 0.639. The zero-order valence-electron chi connectivity index (χ0n) is 11.3. The molecule has 19 heavy (non-hydrogen) atoms. The van der Waals surface area contributed by atoms with Crippen LogP contribution in [0.25, 0.3) is 0 Å². The fraction of sp³-hybridized carbons (Fsp3) is 0.571. The minimum atomic E-state index is 0.375. The molecule has 1 aromatic rings. The summed E-state index contributed by atoms with van der Waals surface area (Å²) >= 11 is 5.96. The minimum Gasteiger partial charge on any atom is -0.377 e. The third-order valence-corrected chi connectivity index (χ3v) is 3.35. The Bertz CT molecular complexity index is 448. The third-order valence-electron chi connectivity index (χ3n) is 3.15. The summed E-state index contributed by atoms with van der Waals surface area (Å²) in [7, 11) is 1.62. The topological polar surface area (TPSA) is 47.0 Å². The van der Waals surface area contributed by atoms with Crippen LogP contribution >= 0.6 is 11.6 Å². The number of rotatable bonds is 6. The van der Waals surface area contributed by atoms with E-state index >= 15 is 0 Å². The summed E-state index contributed by atoms with van der Waals surface area (Å²) in [5, 5.41) is 3.75. The smallest absolute Gasteiger partial charge is 0.158 e. The summed E-state index contributed by atoms with van der Waals surface area (Å²) in [4.78, 5) is 8.45. The van der Waals surface area contributed by atoms with Crippen molar-refractivity contribution in [3.63, 3.8) is 0 Å². The number of hydrogen-bond acceptors (Lipinski definition) is 4. The van der Waals surface area contributed by atoms with Crippen molar-refractivity contribution in [2.45, 2.75) is 38.7 Å². The van der Waals surface area contributed by atoms with Gasteiger partial charge >= 0.3 is 0 Å². The van der Waals surface area contributed by atoms with Crippen LogP contribution < -0.4 is 5.32 Å². The Balaban J connectivity index is 1.86. The van der Waals surface area contributed by atoms with Crippen molar-refractivity contribution in [2.24, 2.45) is 0 Å². The van der Waals surface area contributed by atoms with E-state index in [0.29, 0.717) is 17.6 Å². The predicted octanol–water partition coefficient (Wildman–Crippen LogP) is 3.58. The van der Waals surface area contributed by atoms with Crippen molar-refractivity contribution in [1.29, 1.82) is 0 Å². The van der Waals surface area contributed by atoms with Crippen LogP contribution in [0.5, 0.6) is 0 Å². The largest absolute Gasteiger partial charge is 0.377 e. The summed E-state index contributed by atoms with van der Waals surface area (Å²) in [5.74, 6) is 1.37. The molecule has 0 atom stereocenters. The number of nitrogens with one attached hydrogen (secondary N) is 1. The van der Waals surface area contributed by atoms with E-state index in [9.17, 15) is 0 Å². The van der Waals surface area contributed by atoms with Crippen molar-refractivity contribution in [3.8, 4) is 0 Å². The number of anilines is 1. The molecule has 0 radical (unpaired) electrons. The lowest BCUT2D eigenvalue weighted by atomic mass is 9.97. The van der Waals surface area contributed by atoms with Crippen LogP contribution in [0.3, 0.4) is 0 Å². The highest BCUT2D eigenvalue weighted by Gasteiger charge is 2.05. The molecule has 0 fully saturated rings. The van der Waals surface area contributed by atoms with Crippen LogP contribution in [0.1, 0.15) is 37.9 Å². The molecule has 1 aromatic heterocycles. The van der Waals surface area contributed by atoms with Gasteiger partial charge in [-0.05, 0) is 32.1 Å². The van der Waals surface area contributed by atoms with Gasteiger partial charge in [-0.25, -0.2) is 9.97 Å². The molecule has 0 saturated carbocycles. The molecule has 1 aliphatic carbocycles. The van der Waals surface area contributed by atoms with Crippen molar-refractivity contribution >= 4 is 17.4 Å². The Hall–Kier alpha value is -1.13. The van der Waals surface area contributed by atoms with Crippen LogP contribution in [0.4, 0.5) is 5.82 Å². The molecular formula is C14H20ClN3O. The molecule has 1 heterocycles. The minimum absolute atomic E-state index is 0.375. The highest BCUT2D eigenvalue weighted by Crippen LogP contribution is 2.20. The molecule has 4 nitrogen and oxygen atoms in total. The normalized spacial score (nSPS) is 15.2. The van der Waals surface area contributed by atoms with Crippen molar-refractivity contribution in [1.82, 2.24) is 9.97 Å². The second-order valence-electron chi connectivity index (χ2n) is 4.71. The fourth-order valence-corrected chi connectivity index (χ4v) is 2.43. The lowest BCUT2D eigenvalue weighted by molar-refractivity contribution is 0.178. The van der Waals surface area contributed by atoms with Gasteiger partial charge in [0.1, 0.15) is 17.6 Å². The molecule has 0 unspecified atom stereocenters. The van der Waals surface area contributed by atoms with E-state index in [-0.39, 0.29) is 0 Å². The monoisotopic (exact) mass is 281 g/mol. The van der Waals surface area contributed by atoms with E-state index in [2.05, 4.69) is 21.4 Å². The number of hydrogen-bond donors (Lipinski definition) is 1. The Labute approximate surface area is 119 Å². The third kappa shape index (κ3) is 4.80. The van der Waals surface area contributed by atoms with Gasteiger partial charge in [0.15, 0.2) is 5.82 Å². The molecule has 0 spiro atoms. The van der Waals surface area contributed by atoms with E-state index < -0.39 is 0 Å². The SMILES string of the molecule is COCc1nc(Cl)cc(NCCC2=CCCCC2)n1. The van der Waals surface area contributed by atoms with E-state index in [0.717, 1.165) is 18.8 Å². The fourth-order valence-electron chi connectivity index (χ4n) is 2.23. The molecule has 0 bridgehead atoms. The molecule has 0 aliphatic heterocycles. The number of ether oxygens (including phenoxy) is 1. The Morgan fingerprint density at radius 3 is 3.00 bits per heavy atom. The van der Waals surface area contributed by atoms with E-state index in [1.807, 2.05) is 0 Å². The van der Waals surface area contributed by atoms with Crippen LogP contribution in [0.15, 0.2) is 17.7 Å². The summed E-state index contributed by atoms with van der Waals surface area (Å²) in [6.07, 6.45) is 8.56. The van der Waals surface area contributed by atoms with Gasteiger partial charge in [-0.3, -0.25) is 0 Å². The van der Waals surface area contributed by atoms with E-state index in [4.69, 9.17) is 16.3 Å². The highest BCUT2D eigenvalue weighted by molar-refractivity contribution is 6.29. The first-order valence-electron chi connectivity index (χ1n) is 6.72. The first kappa shape index (κ1) is 14.3. The lowest BCUT2D eigenvalue weighted by Crippen LogP contribution is -2.08. The second kappa shape index (κ2) is 7.46. The van der Waals surface area contributed by atoms with Crippen molar-refractivity contribution in [2.75, 3.05) is 19.0 Å². The van der Waals surface area contributed by atoms with Gasteiger partial charge in [0.2, 0.25) is 0 Å². The second-order valence-corrected chi connectivity index (χ2v) is 5.10. The molecular weight excluding hydrogens is 262 g/mol. The van der Waals surface area contributed by atoms with E-state index in [1.165, 1.54) is 25.7 Å². The van der Waals surface area contributed by atoms with Gasteiger partial charge in [-0.1, -0.05) is 23.3 Å². The molecule has 2 rings (SSSR count). The van der Waals surface area contributed by atoms with E-state index in [1.54, 1.807) is 18.7 Å². The Morgan fingerprint density at radius 1 is 1.37 bits per heavy atom. The summed E-state index contributed by atoms with van der Waals surface area (Å²) < 4.78 is 5.02. The average Bonchev–Trinajstić information content (AvgIpc) is 2.40. The molecule has 0 saturated heterocycles. The molecule has 0 aromatic carbocycles. The standard InChI is InChI=1S/C14H20ClN3O/c1-19-10-14-17-12(15)9-13(18-14)16-8-7-11-5-3-2-4-6-11/h5,9H,2-4,6-8,10H2,1H3,(H,16,17,18). The maximum atomic E-state index is 5.96.